The van der Waals surface area contributed by atoms with Crippen molar-refractivity contribution in [3.05, 3.63) is 23.5 Å². The van der Waals surface area contributed by atoms with Crippen LogP contribution in [0.5, 0.6) is 5.75 Å². The number of aromatic carboxylic acids is 1. The third kappa shape index (κ3) is 3.32. The van der Waals surface area contributed by atoms with Crippen molar-refractivity contribution in [2.45, 2.75) is 0 Å². The van der Waals surface area contributed by atoms with Crippen molar-refractivity contribution >= 4 is 11.7 Å². The fourth-order valence-electron chi connectivity index (χ4n) is 1.25. The van der Waals surface area contributed by atoms with Crippen LogP contribution in [-0.4, -0.2) is 43.2 Å². The summed E-state index contributed by atoms with van der Waals surface area (Å²) in [4.78, 5) is 12.8. The number of benzene rings is 1. The van der Waals surface area contributed by atoms with E-state index >= 15 is 0 Å². The lowest BCUT2D eigenvalue weighted by molar-refractivity contribution is 0.0692. The van der Waals surface area contributed by atoms with Gasteiger partial charge in [-0.3, -0.25) is 0 Å². The van der Waals surface area contributed by atoms with Gasteiger partial charge < -0.3 is 20.5 Å². The number of hydrogen-bond donors (Lipinski definition) is 2. The van der Waals surface area contributed by atoms with E-state index in [0.717, 1.165) is 6.07 Å². The molecule has 0 amide bonds. The van der Waals surface area contributed by atoms with Crippen LogP contribution in [0.3, 0.4) is 0 Å². The van der Waals surface area contributed by atoms with Crippen molar-refractivity contribution in [3.63, 3.8) is 0 Å². The van der Waals surface area contributed by atoms with E-state index in [4.69, 9.17) is 15.6 Å². The first-order valence-electron chi connectivity index (χ1n) is 5.02. The number of carboxylic acids is 1. The highest BCUT2D eigenvalue weighted by Crippen LogP contribution is 2.27. The predicted octanol–water partition coefficient (Wildman–Crippen LogP) is 1.05. The third-order valence-corrected chi connectivity index (χ3v) is 2.16. The van der Waals surface area contributed by atoms with E-state index in [-0.39, 0.29) is 11.3 Å². The van der Waals surface area contributed by atoms with Crippen LogP contribution in [0.2, 0.25) is 0 Å². The maximum Gasteiger partial charge on any atom is 0.341 e. The SMILES string of the molecule is CN(C)CCOc1ccc(F)c(N)c1C(=O)O. The molecular weight excluding hydrogens is 227 g/mol. The summed E-state index contributed by atoms with van der Waals surface area (Å²) < 4.78 is 18.4. The van der Waals surface area contributed by atoms with Crippen LogP contribution in [0.25, 0.3) is 0 Å². The Labute approximate surface area is 98.6 Å². The number of nitrogens with two attached hydrogens (primary N) is 1. The lowest BCUT2D eigenvalue weighted by Crippen LogP contribution is -2.20. The van der Waals surface area contributed by atoms with Crippen LogP contribution in [0, 0.1) is 5.82 Å². The van der Waals surface area contributed by atoms with Gasteiger partial charge in [0.2, 0.25) is 0 Å². The van der Waals surface area contributed by atoms with Gasteiger partial charge in [0.1, 0.15) is 23.7 Å². The lowest BCUT2D eigenvalue weighted by Gasteiger charge is -2.13. The number of nitrogens with zero attached hydrogens (tertiary/aromatic N) is 1. The Morgan fingerprint density at radius 3 is 2.71 bits per heavy atom. The summed E-state index contributed by atoms with van der Waals surface area (Å²) in [6.45, 7) is 0.925. The van der Waals surface area contributed by atoms with Crippen LogP contribution in [-0.2, 0) is 0 Å². The molecule has 0 unspecified atom stereocenters. The molecule has 0 aliphatic heterocycles. The summed E-state index contributed by atoms with van der Waals surface area (Å²) in [6.07, 6.45) is 0. The van der Waals surface area contributed by atoms with Crippen LogP contribution in [0.1, 0.15) is 10.4 Å². The maximum absolute atomic E-state index is 13.1. The fraction of sp³-hybridized carbons (Fsp3) is 0.364. The Morgan fingerprint density at radius 2 is 2.18 bits per heavy atom. The number of carboxylic acid groups (broad SMARTS) is 1. The number of halogens is 1. The van der Waals surface area contributed by atoms with Gasteiger partial charge in [-0.05, 0) is 26.2 Å². The lowest BCUT2D eigenvalue weighted by atomic mass is 10.1. The molecule has 3 N–H and O–H groups in total. The largest absolute Gasteiger partial charge is 0.491 e. The second-order valence-electron chi connectivity index (χ2n) is 3.79. The molecule has 0 saturated heterocycles. The minimum absolute atomic E-state index is 0.0817. The summed E-state index contributed by atoms with van der Waals surface area (Å²) in [7, 11) is 3.72. The van der Waals surface area contributed by atoms with Crippen LogP contribution in [0.15, 0.2) is 12.1 Å². The van der Waals surface area contributed by atoms with E-state index in [0.29, 0.717) is 13.2 Å². The molecule has 17 heavy (non-hydrogen) atoms. The number of nitrogen functional groups attached to an aromatic ring is 1. The molecule has 1 aromatic rings. The van der Waals surface area contributed by atoms with E-state index in [2.05, 4.69) is 0 Å². The van der Waals surface area contributed by atoms with Gasteiger partial charge in [0.15, 0.2) is 0 Å². The predicted molar refractivity (Wildman–Crippen MR) is 61.8 cm³/mol. The Bertz CT molecular complexity index is 421. The summed E-state index contributed by atoms with van der Waals surface area (Å²) in [6, 6.07) is 2.36. The second kappa shape index (κ2) is 5.49. The van der Waals surface area contributed by atoms with Gasteiger partial charge >= 0.3 is 5.97 Å². The average molecular weight is 242 g/mol. The Balaban J connectivity index is 2.91. The molecule has 1 aromatic carbocycles. The third-order valence-electron chi connectivity index (χ3n) is 2.16. The van der Waals surface area contributed by atoms with Crippen LogP contribution >= 0.6 is 0 Å². The molecule has 94 valence electrons. The van der Waals surface area contributed by atoms with E-state index < -0.39 is 17.5 Å². The zero-order chi connectivity index (χ0) is 13.0. The van der Waals surface area contributed by atoms with E-state index in [1.807, 2.05) is 19.0 Å². The van der Waals surface area contributed by atoms with Gasteiger partial charge in [-0.1, -0.05) is 0 Å². The first kappa shape index (κ1) is 13.2. The van der Waals surface area contributed by atoms with Gasteiger partial charge in [-0.25, -0.2) is 9.18 Å². The summed E-state index contributed by atoms with van der Waals surface area (Å²) in [5, 5.41) is 8.94. The number of carbonyl (C=O) groups is 1. The maximum atomic E-state index is 13.1. The van der Waals surface area contributed by atoms with Crippen molar-refractivity contribution < 1.29 is 19.0 Å². The summed E-state index contributed by atoms with van der Waals surface area (Å²) in [5.74, 6) is -1.98. The van der Waals surface area contributed by atoms with E-state index in [1.54, 1.807) is 0 Å². The van der Waals surface area contributed by atoms with Crippen molar-refractivity contribution in [1.29, 1.82) is 0 Å². The van der Waals surface area contributed by atoms with Crippen molar-refractivity contribution in [2.75, 3.05) is 33.0 Å². The molecule has 0 radical (unpaired) electrons. The number of anilines is 1. The molecule has 0 spiro atoms. The standard InChI is InChI=1S/C11H15FN2O3/c1-14(2)5-6-17-8-4-3-7(12)10(13)9(8)11(15)16/h3-4H,5-6,13H2,1-2H3,(H,15,16). The molecule has 0 aromatic heterocycles. The average Bonchev–Trinajstić information content (AvgIpc) is 2.22. The van der Waals surface area contributed by atoms with Gasteiger partial charge in [0.05, 0.1) is 5.69 Å². The highest BCUT2D eigenvalue weighted by Gasteiger charge is 2.18. The smallest absolute Gasteiger partial charge is 0.341 e. The first-order valence-corrected chi connectivity index (χ1v) is 5.02. The number of hydrogen-bond acceptors (Lipinski definition) is 4. The zero-order valence-electron chi connectivity index (χ0n) is 9.74. The molecule has 1 rings (SSSR count). The van der Waals surface area contributed by atoms with E-state index in [9.17, 15) is 9.18 Å². The number of ether oxygens (including phenoxy) is 1. The van der Waals surface area contributed by atoms with Crippen LogP contribution < -0.4 is 10.5 Å². The summed E-state index contributed by atoms with van der Waals surface area (Å²) >= 11 is 0. The number of likely N-dealkylation sites (N-methyl/N-ethyl adjacent to an activating group) is 1. The second-order valence-corrected chi connectivity index (χ2v) is 3.79. The molecule has 0 saturated carbocycles. The van der Waals surface area contributed by atoms with Gasteiger partial charge in [0, 0.05) is 6.54 Å². The molecule has 0 bridgehead atoms. The van der Waals surface area contributed by atoms with Crippen molar-refractivity contribution in [2.24, 2.45) is 0 Å². The fourth-order valence-corrected chi connectivity index (χ4v) is 1.25. The Morgan fingerprint density at radius 1 is 1.53 bits per heavy atom. The Hall–Kier alpha value is -1.82. The van der Waals surface area contributed by atoms with Gasteiger partial charge in [-0.2, -0.15) is 0 Å². The topological polar surface area (TPSA) is 75.8 Å². The molecule has 0 aliphatic rings. The van der Waals surface area contributed by atoms with Crippen LogP contribution in [0.4, 0.5) is 10.1 Å². The molecule has 0 heterocycles. The molecular formula is C11H15FN2O3. The molecule has 0 aliphatic carbocycles. The van der Waals surface area contributed by atoms with Gasteiger partial charge in [-0.15, -0.1) is 0 Å². The normalized spacial score (nSPS) is 10.6. The number of rotatable bonds is 5. The highest BCUT2D eigenvalue weighted by atomic mass is 19.1. The monoisotopic (exact) mass is 242 g/mol. The first-order chi connectivity index (χ1) is 7.93. The minimum atomic E-state index is -1.30. The zero-order valence-corrected chi connectivity index (χ0v) is 9.74. The Kier molecular flexibility index (Phi) is 4.28. The van der Waals surface area contributed by atoms with Crippen molar-refractivity contribution in [3.8, 4) is 5.75 Å². The van der Waals surface area contributed by atoms with Crippen molar-refractivity contribution in [1.82, 2.24) is 4.90 Å². The quantitative estimate of drug-likeness (QED) is 0.755. The van der Waals surface area contributed by atoms with E-state index in [1.165, 1.54) is 6.07 Å². The van der Waals surface area contributed by atoms with Gasteiger partial charge in [0.25, 0.3) is 0 Å². The summed E-state index contributed by atoms with van der Waals surface area (Å²) in [5.41, 5.74) is 4.64. The molecule has 6 heteroatoms. The highest BCUT2D eigenvalue weighted by molar-refractivity contribution is 5.96. The molecule has 0 fully saturated rings. The minimum Gasteiger partial charge on any atom is -0.491 e. The molecule has 0 atom stereocenters. The molecule has 5 nitrogen and oxygen atoms in total.